The maximum Gasteiger partial charge on any atom is 0.156 e. The predicted molar refractivity (Wildman–Crippen MR) is 74.9 cm³/mol. The number of aryl methyl sites for hydroxylation is 2. The van der Waals surface area contributed by atoms with E-state index in [1.807, 2.05) is 33.9 Å². The Kier molecular flexibility index (Phi) is 3.85. The smallest absolute Gasteiger partial charge is 0.156 e. The van der Waals surface area contributed by atoms with E-state index in [1.165, 1.54) is 0 Å². The molecule has 0 atom stereocenters. The quantitative estimate of drug-likeness (QED) is 0.911. The van der Waals surface area contributed by atoms with Crippen molar-refractivity contribution in [3.63, 3.8) is 0 Å². The van der Waals surface area contributed by atoms with E-state index in [4.69, 9.17) is 10.2 Å². The molecule has 2 N–H and O–H groups in total. The van der Waals surface area contributed by atoms with Crippen LogP contribution in [0, 0.1) is 20.8 Å². The van der Waals surface area contributed by atoms with Crippen molar-refractivity contribution in [2.45, 2.75) is 33.9 Å². The molecule has 0 saturated heterocycles. The van der Waals surface area contributed by atoms with Gasteiger partial charge in [0.2, 0.25) is 0 Å². The van der Waals surface area contributed by atoms with Crippen molar-refractivity contribution in [2.24, 2.45) is 5.73 Å². The van der Waals surface area contributed by atoms with Crippen molar-refractivity contribution in [1.29, 1.82) is 0 Å². The van der Waals surface area contributed by atoms with Crippen molar-refractivity contribution >= 4 is 5.82 Å². The second-order valence-electron chi connectivity index (χ2n) is 4.77. The molecule has 0 radical (unpaired) electrons. The molecule has 2 aromatic heterocycles. The van der Waals surface area contributed by atoms with Gasteiger partial charge in [-0.05, 0) is 32.4 Å². The van der Waals surface area contributed by atoms with E-state index >= 15 is 0 Å². The number of nitrogens with two attached hydrogens (primary N) is 1. The van der Waals surface area contributed by atoms with Gasteiger partial charge in [-0.2, -0.15) is 5.10 Å². The van der Waals surface area contributed by atoms with Gasteiger partial charge in [0.1, 0.15) is 5.76 Å². The third-order valence-corrected chi connectivity index (χ3v) is 3.50. The number of anilines is 1. The Labute approximate surface area is 113 Å². The lowest BCUT2D eigenvalue weighted by Crippen LogP contribution is -2.22. The molecule has 0 spiro atoms. The van der Waals surface area contributed by atoms with Gasteiger partial charge in [-0.3, -0.25) is 0 Å². The number of rotatable bonds is 4. The van der Waals surface area contributed by atoms with Crippen molar-refractivity contribution in [3.05, 3.63) is 40.5 Å². The van der Waals surface area contributed by atoms with E-state index < -0.39 is 0 Å². The van der Waals surface area contributed by atoms with Crippen LogP contribution < -0.4 is 10.6 Å². The lowest BCUT2D eigenvalue weighted by Gasteiger charge is -2.21. The van der Waals surface area contributed by atoms with E-state index in [0.717, 1.165) is 40.5 Å². The van der Waals surface area contributed by atoms with Gasteiger partial charge in [-0.15, -0.1) is 5.10 Å². The minimum absolute atomic E-state index is 0.465. The summed E-state index contributed by atoms with van der Waals surface area (Å²) in [5, 5.41) is 8.47. The SMILES string of the molecule is Cc1nnc(N(C)Cc2ccoc2C)c(CN)c1C. The maximum atomic E-state index is 5.85. The highest BCUT2D eigenvalue weighted by atomic mass is 16.3. The first kappa shape index (κ1) is 13.5. The minimum Gasteiger partial charge on any atom is -0.469 e. The van der Waals surface area contributed by atoms with E-state index in [1.54, 1.807) is 6.26 Å². The Morgan fingerprint density at radius 3 is 2.58 bits per heavy atom. The van der Waals surface area contributed by atoms with E-state index in [9.17, 15) is 0 Å². The van der Waals surface area contributed by atoms with Gasteiger partial charge in [-0.25, -0.2) is 0 Å². The van der Waals surface area contributed by atoms with Gasteiger partial charge < -0.3 is 15.1 Å². The molecule has 2 rings (SSSR count). The van der Waals surface area contributed by atoms with E-state index in [0.29, 0.717) is 6.54 Å². The maximum absolute atomic E-state index is 5.85. The summed E-state index contributed by atoms with van der Waals surface area (Å²) in [7, 11) is 1.99. The highest BCUT2D eigenvalue weighted by molar-refractivity contribution is 5.50. The van der Waals surface area contributed by atoms with Crippen LogP contribution in [0.5, 0.6) is 0 Å². The molecule has 5 heteroatoms. The van der Waals surface area contributed by atoms with E-state index in [2.05, 4.69) is 15.1 Å². The fourth-order valence-electron chi connectivity index (χ4n) is 2.10. The van der Waals surface area contributed by atoms with Crippen LogP contribution in [-0.4, -0.2) is 17.2 Å². The summed E-state index contributed by atoms with van der Waals surface area (Å²) < 4.78 is 5.31. The van der Waals surface area contributed by atoms with Crippen LogP contribution in [0.25, 0.3) is 0 Å². The van der Waals surface area contributed by atoms with E-state index in [-0.39, 0.29) is 0 Å². The highest BCUT2D eigenvalue weighted by Crippen LogP contribution is 2.23. The summed E-state index contributed by atoms with van der Waals surface area (Å²) in [4.78, 5) is 2.06. The largest absolute Gasteiger partial charge is 0.469 e. The van der Waals surface area contributed by atoms with Crippen LogP contribution in [0.3, 0.4) is 0 Å². The summed E-state index contributed by atoms with van der Waals surface area (Å²) in [6.07, 6.45) is 1.70. The highest BCUT2D eigenvalue weighted by Gasteiger charge is 2.15. The Balaban J connectivity index is 2.31. The normalized spacial score (nSPS) is 10.8. The molecule has 0 unspecified atom stereocenters. The Morgan fingerprint density at radius 1 is 1.26 bits per heavy atom. The second kappa shape index (κ2) is 5.40. The van der Waals surface area contributed by atoms with Gasteiger partial charge in [0.05, 0.1) is 12.0 Å². The fraction of sp³-hybridized carbons (Fsp3) is 0.429. The van der Waals surface area contributed by atoms with Crippen molar-refractivity contribution in [3.8, 4) is 0 Å². The van der Waals surface area contributed by atoms with Gasteiger partial charge in [0.25, 0.3) is 0 Å². The van der Waals surface area contributed by atoms with Gasteiger partial charge >= 0.3 is 0 Å². The molecular weight excluding hydrogens is 240 g/mol. The van der Waals surface area contributed by atoms with Crippen molar-refractivity contribution < 1.29 is 4.42 Å². The molecule has 0 aliphatic carbocycles. The topological polar surface area (TPSA) is 68.2 Å². The van der Waals surface area contributed by atoms with Crippen LogP contribution in [-0.2, 0) is 13.1 Å². The predicted octanol–water partition coefficient (Wildman–Crippen LogP) is 2.09. The molecule has 19 heavy (non-hydrogen) atoms. The minimum atomic E-state index is 0.465. The van der Waals surface area contributed by atoms with Crippen LogP contribution in [0.2, 0.25) is 0 Å². The standard InChI is InChI=1S/C14H20N4O/c1-9-10(2)16-17-14(13(9)7-15)18(4)8-12-5-6-19-11(12)3/h5-6H,7-8,15H2,1-4H3. The molecule has 2 aromatic rings. The first-order valence-corrected chi connectivity index (χ1v) is 6.31. The Bertz CT molecular complexity index is 577. The number of hydrogen-bond acceptors (Lipinski definition) is 5. The zero-order valence-corrected chi connectivity index (χ0v) is 11.9. The molecule has 5 nitrogen and oxygen atoms in total. The van der Waals surface area contributed by atoms with Crippen LogP contribution in [0.15, 0.2) is 16.7 Å². The first-order chi connectivity index (χ1) is 9.04. The van der Waals surface area contributed by atoms with Crippen LogP contribution >= 0.6 is 0 Å². The zero-order chi connectivity index (χ0) is 14.0. The van der Waals surface area contributed by atoms with Crippen molar-refractivity contribution in [2.75, 3.05) is 11.9 Å². The number of furan rings is 1. The Hall–Kier alpha value is -1.88. The van der Waals surface area contributed by atoms with Gasteiger partial charge in [0, 0.05) is 31.3 Å². The zero-order valence-electron chi connectivity index (χ0n) is 11.9. The average molecular weight is 260 g/mol. The fourth-order valence-corrected chi connectivity index (χ4v) is 2.10. The molecule has 102 valence electrons. The first-order valence-electron chi connectivity index (χ1n) is 6.31. The molecule has 0 saturated carbocycles. The third kappa shape index (κ3) is 2.61. The third-order valence-electron chi connectivity index (χ3n) is 3.50. The lowest BCUT2D eigenvalue weighted by molar-refractivity contribution is 0.529. The monoisotopic (exact) mass is 260 g/mol. The summed E-state index contributed by atoms with van der Waals surface area (Å²) in [5.41, 5.74) is 10.1. The molecule has 0 aliphatic rings. The molecule has 0 bridgehead atoms. The molecule has 0 aliphatic heterocycles. The van der Waals surface area contributed by atoms with Gasteiger partial charge in [0.15, 0.2) is 5.82 Å². The van der Waals surface area contributed by atoms with Crippen molar-refractivity contribution in [1.82, 2.24) is 10.2 Å². The van der Waals surface area contributed by atoms with Gasteiger partial charge in [-0.1, -0.05) is 0 Å². The molecule has 2 heterocycles. The molecular formula is C14H20N4O. The number of nitrogens with zero attached hydrogens (tertiary/aromatic N) is 3. The average Bonchev–Trinajstić information content (AvgIpc) is 2.78. The molecule has 0 amide bonds. The summed E-state index contributed by atoms with van der Waals surface area (Å²) >= 11 is 0. The number of hydrogen-bond donors (Lipinski definition) is 1. The second-order valence-corrected chi connectivity index (χ2v) is 4.77. The summed E-state index contributed by atoms with van der Waals surface area (Å²) in [5.74, 6) is 1.77. The molecule has 0 fully saturated rings. The summed E-state index contributed by atoms with van der Waals surface area (Å²) in [6.45, 7) is 7.13. The summed E-state index contributed by atoms with van der Waals surface area (Å²) in [6, 6.07) is 1.97. The Morgan fingerprint density at radius 2 is 2.00 bits per heavy atom. The number of aromatic nitrogens is 2. The molecule has 0 aromatic carbocycles. The van der Waals surface area contributed by atoms with Crippen LogP contribution in [0.4, 0.5) is 5.82 Å². The lowest BCUT2D eigenvalue weighted by atomic mass is 10.1. The van der Waals surface area contributed by atoms with Crippen LogP contribution in [0.1, 0.15) is 28.1 Å².